The van der Waals surface area contributed by atoms with Crippen molar-refractivity contribution < 1.29 is 14.3 Å². The second-order valence-corrected chi connectivity index (χ2v) is 4.64. The molecule has 0 bridgehead atoms. The Bertz CT molecular complexity index is 494. The number of hydrazine groups is 1. The first-order chi connectivity index (χ1) is 8.66. The highest BCUT2D eigenvalue weighted by Gasteiger charge is 2.40. The van der Waals surface area contributed by atoms with Gasteiger partial charge in [-0.25, -0.2) is 5.43 Å². The number of likely N-dealkylation sites (N-methyl/N-ethyl adjacent to an activating group) is 1. The summed E-state index contributed by atoms with van der Waals surface area (Å²) >= 11 is 0. The van der Waals surface area contributed by atoms with E-state index in [-0.39, 0.29) is 18.1 Å². The van der Waals surface area contributed by atoms with Crippen LogP contribution in [0.3, 0.4) is 0 Å². The monoisotopic (exact) mass is 249 g/mol. The van der Waals surface area contributed by atoms with Crippen LogP contribution in [0.15, 0.2) is 18.2 Å². The van der Waals surface area contributed by atoms with E-state index in [0.29, 0.717) is 19.0 Å². The molecular weight excluding hydrogens is 234 g/mol. The fourth-order valence-electron chi connectivity index (χ4n) is 2.21. The molecule has 1 saturated heterocycles. The first-order valence-electron chi connectivity index (χ1n) is 5.76. The van der Waals surface area contributed by atoms with Crippen LogP contribution in [-0.4, -0.2) is 32.8 Å². The van der Waals surface area contributed by atoms with Crippen molar-refractivity contribution in [2.75, 3.05) is 31.8 Å². The fraction of sp³-hybridized carbons (Fsp3) is 0.417. The zero-order valence-corrected chi connectivity index (χ0v) is 10.1. The van der Waals surface area contributed by atoms with Crippen LogP contribution >= 0.6 is 0 Å². The minimum absolute atomic E-state index is 0.0562. The van der Waals surface area contributed by atoms with Crippen molar-refractivity contribution >= 4 is 11.6 Å². The topological polar surface area (TPSA) is 76.8 Å². The molecule has 0 saturated carbocycles. The molecule has 0 spiro atoms. The van der Waals surface area contributed by atoms with Gasteiger partial charge in [-0.15, -0.1) is 0 Å². The molecule has 2 heterocycles. The summed E-state index contributed by atoms with van der Waals surface area (Å²) < 4.78 is 10.6. The van der Waals surface area contributed by atoms with Gasteiger partial charge < -0.3 is 14.4 Å². The number of ether oxygens (including phenoxy) is 2. The van der Waals surface area contributed by atoms with Crippen LogP contribution in [0.1, 0.15) is 5.56 Å². The molecule has 2 aliphatic heterocycles. The summed E-state index contributed by atoms with van der Waals surface area (Å²) in [5.74, 6) is 6.26. The molecule has 3 rings (SSSR count). The molecule has 0 radical (unpaired) electrons. The smallest absolute Gasteiger partial charge is 0.264 e. The number of rotatable bonds is 2. The van der Waals surface area contributed by atoms with Crippen molar-refractivity contribution in [3.05, 3.63) is 23.8 Å². The maximum Gasteiger partial charge on any atom is 0.264 e. The first-order valence-corrected chi connectivity index (χ1v) is 5.76. The van der Waals surface area contributed by atoms with Gasteiger partial charge in [0.15, 0.2) is 6.61 Å². The van der Waals surface area contributed by atoms with E-state index in [0.717, 1.165) is 11.3 Å². The van der Waals surface area contributed by atoms with E-state index >= 15 is 0 Å². The summed E-state index contributed by atoms with van der Waals surface area (Å²) in [6.07, 6.45) is 0. The largest absolute Gasteiger partial charge is 0.482 e. The van der Waals surface area contributed by atoms with Crippen LogP contribution in [-0.2, 0) is 15.1 Å². The summed E-state index contributed by atoms with van der Waals surface area (Å²) in [7, 11) is 1.74. The van der Waals surface area contributed by atoms with Crippen LogP contribution < -0.4 is 20.9 Å². The zero-order chi connectivity index (χ0) is 12.8. The van der Waals surface area contributed by atoms with Crippen molar-refractivity contribution in [2.24, 2.45) is 5.84 Å². The van der Waals surface area contributed by atoms with Crippen molar-refractivity contribution in [2.45, 2.75) is 5.54 Å². The van der Waals surface area contributed by atoms with E-state index in [1.165, 1.54) is 0 Å². The number of nitrogens with one attached hydrogen (secondary N) is 1. The van der Waals surface area contributed by atoms with Gasteiger partial charge >= 0.3 is 0 Å². The van der Waals surface area contributed by atoms with Gasteiger partial charge in [-0.2, -0.15) is 0 Å². The lowest BCUT2D eigenvalue weighted by Gasteiger charge is -2.41. The first kappa shape index (κ1) is 11.5. The highest BCUT2D eigenvalue weighted by Crippen LogP contribution is 2.37. The molecule has 0 aromatic heterocycles. The Labute approximate surface area is 105 Å². The van der Waals surface area contributed by atoms with Crippen molar-refractivity contribution in [3.8, 4) is 5.75 Å². The number of benzene rings is 1. The molecule has 96 valence electrons. The third-order valence-electron chi connectivity index (χ3n) is 3.57. The van der Waals surface area contributed by atoms with E-state index < -0.39 is 0 Å². The predicted molar refractivity (Wildman–Crippen MR) is 65.2 cm³/mol. The van der Waals surface area contributed by atoms with Gasteiger partial charge in [0.05, 0.1) is 18.9 Å². The lowest BCUT2D eigenvalue weighted by Crippen LogP contribution is -2.60. The predicted octanol–water partition coefficient (Wildman–Crippen LogP) is -0.269. The second kappa shape index (κ2) is 3.94. The second-order valence-electron chi connectivity index (χ2n) is 4.64. The maximum atomic E-state index is 11.6. The fourth-order valence-corrected chi connectivity index (χ4v) is 2.21. The Morgan fingerprint density at radius 2 is 2.22 bits per heavy atom. The van der Waals surface area contributed by atoms with Gasteiger partial charge in [-0.3, -0.25) is 10.6 Å². The highest BCUT2D eigenvalue weighted by atomic mass is 16.5. The Morgan fingerprint density at radius 1 is 1.44 bits per heavy atom. The lowest BCUT2D eigenvalue weighted by atomic mass is 9.88. The summed E-state index contributed by atoms with van der Waals surface area (Å²) in [6.45, 7) is 1.15. The van der Waals surface area contributed by atoms with E-state index in [9.17, 15) is 4.79 Å². The number of carbonyl (C=O) groups excluding carboxylic acids is 1. The van der Waals surface area contributed by atoms with Gasteiger partial charge in [0.2, 0.25) is 0 Å². The van der Waals surface area contributed by atoms with Gasteiger partial charge in [0.25, 0.3) is 5.91 Å². The van der Waals surface area contributed by atoms with E-state index in [2.05, 4.69) is 5.43 Å². The van der Waals surface area contributed by atoms with E-state index in [1.54, 1.807) is 11.9 Å². The Morgan fingerprint density at radius 3 is 2.83 bits per heavy atom. The van der Waals surface area contributed by atoms with Crippen molar-refractivity contribution in [1.29, 1.82) is 0 Å². The molecule has 6 heteroatoms. The molecule has 2 aliphatic rings. The van der Waals surface area contributed by atoms with Crippen LogP contribution in [0.5, 0.6) is 5.75 Å². The molecule has 3 N–H and O–H groups in total. The van der Waals surface area contributed by atoms with Crippen LogP contribution in [0.2, 0.25) is 0 Å². The quantitative estimate of drug-likeness (QED) is 0.557. The van der Waals surface area contributed by atoms with Gasteiger partial charge in [-0.1, -0.05) is 6.07 Å². The van der Waals surface area contributed by atoms with Crippen LogP contribution in [0, 0.1) is 0 Å². The molecular formula is C12H15N3O3. The summed E-state index contributed by atoms with van der Waals surface area (Å²) in [4.78, 5) is 13.2. The van der Waals surface area contributed by atoms with Gasteiger partial charge in [-0.05, 0) is 17.7 Å². The summed E-state index contributed by atoms with van der Waals surface area (Å²) in [5, 5.41) is 0. The number of fused-ring (bicyclic) bond motifs is 1. The summed E-state index contributed by atoms with van der Waals surface area (Å²) in [5.41, 5.74) is 4.21. The minimum Gasteiger partial charge on any atom is -0.482 e. The number of nitrogens with two attached hydrogens (primary N) is 1. The molecule has 1 aromatic rings. The number of amides is 1. The van der Waals surface area contributed by atoms with Crippen molar-refractivity contribution in [3.63, 3.8) is 0 Å². The average Bonchev–Trinajstić information content (AvgIpc) is 2.34. The van der Waals surface area contributed by atoms with Gasteiger partial charge in [0.1, 0.15) is 11.3 Å². The SMILES string of the molecule is CN1C(=O)COc2ccc(C3(NN)COC3)cc21. The zero-order valence-electron chi connectivity index (χ0n) is 10.1. The number of hydrogen-bond donors (Lipinski definition) is 2. The third kappa shape index (κ3) is 1.50. The van der Waals surface area contributed by atoms with E-state index in [4.69, 9.17) is 15.3 Å². The molecule has 1 aromatic carbocycles. The summed E-state index contributed by atoms with van der Waals surface area (Å²) in [6, 6.07) is 5.74. The average molecular weight is 249 g/mol. The van der Waals surface area contributed by atoms with Crippen LogP contribution in [0.25, 0.3) is 0 Å². The Balaban J connectivity index is 2.02. The maximum absolute atomic E-state index is 11.6. The lowest BCUT2D eigenvalue weighted by molar-refractivity contribution is -0.121. The highest BCUT2D eigenvalue weighted by molar-refractivity contribution is 5.97. The van der Waals surface area contributed by atoms with Crippen molar-refractivity contribution in [1.82, 2.24) is 5.43 Å². The van der Waals surface area contributed by atoms with Gasteiger partial charge in [0, 0.05) is 7.05 Å². The normalized spacial score (nSPS) is 21.0. The minimum atomic E-state index is -0.351. The molecule has 6 nitrogen and oxygen atoms in total. The Kier molecular flexibility index (Phi) is 2.51. The standard InChI is InChI=1S/C12H15N3O3/c1-15-9-4-8(12(14-13)6-17-7-12)2-3-10(9)18-5-11(15)16/h2-4,14H,5-7,13H2,1H3. The number of hydrogen-bond acceptors (Lipinski definition) is 5. The van der Waals surface area contributed by atoms with E-state index in [1.807, 2.05) is 18.2 Å². The van der Waals surface area contributed by atoms with Crippen LogP contribution in [0.4, 0.5) is 5.69 Å². The molecule has 0 unspecified atom stereocenters. The Hall–Kier alpha value is -1.63. The third-order valence-corrected chi connectivity index (χ3v) is 3.57. The number of anilines is 1. The molecule has 1 fully saturated rings. The molecule has 1 amide bonds. The molecule has 0 aliphatic carbocycles. The number of carbonyl (C=O) groups is 1. The molecule has 0 atom stereocenters. The number of nitrogens with zero attached hydrogens (tertiary/aromatic N) is 1. The molecule has 18 heavy (non-hydrogen) atoms.